The molecule has 0 bridgehead atoms. The van der Waals surface area contributed by atoms with Crippen LogP contribution in [0.25, 0.3) is 22.3 Å². The molecule has 1 aliphatic rings. The van der Waals surface area contributed by atoms with Gasteiger partial charge in [0.1, 0.15) is 5.82 Å². The van der Waals surface area contributed by atoms with Crippen molar-refractivity contribution < 1.29 is 0 Å². The Balaban J connectivity index is 1.76. The fraction of sp³-hybridized carbons (Fsp3) is 0.300. The second-order valence-electron chi connectivity index (χ2n) is 6.40. The second-order valence-corrected chi connectivity index (χ2v) is 7.31. The van der Waals surface area contributed by atoms with Crippen molar-refractivity contribution in [3.63, 3.8) is 0 Å². The highest BCUT2D eigenvalue weighted by Gasteiger charge is 2.16. The average Bonchev–Trinajstić information content (AvgIpc) is 2.63. The summed E-state index contributed by atoms with van der Waals surface area (Å²) < 4.78 is 1.06. The summed E-state index contributed by atoms with van der Waals surface area (Å²) in [6.07, 6.45) is 6.42. The zero-order valence-electron chi connectivity index (χ0n) is 13.5. The summed E-state index contributed by atoms with van der Waals surface area (Å²) >= 11 is 3.48. The molecule has 0 saturated heterocycles. The quantitative estimate of drug-likeness (QED) is 0.622. The molecule has 1 heterocycles. The molecule has 24 heavy (non-hydrogen) atoms. The Morgan fingerprint density at radius 2 is 1.62 bits per heavy atom. The maximum absolute atomic E-state index is 4.86. The van der Waals surface area contributed by atoms with E-state index in [0.29, 0.717) is 6.04 Å². The van der Waals surface area contributed by atoms with Gasteiger partial charge in [-0.3, -0.25) is 0 Å². The highest BCUT2D eigenvalue weighted by atomic mass is 79.9. The van der Waals surface area contributed by atoms with Crippen molar-refractivity contribution in [1.29, 1.82) is 0 Å². The van der Waals surface area contributed by atoms with Crippen molar-refractivity contribution in [3.8, 4) is 11.4 Å². The van der Waals surface area contributed by atoms with Crippen LogP contribution in [0.1, 0.15) is 32.1 Å². The molecule has 1 fully saturated rings. The number of hydrogen-bond donors (Lipinski definition) is 1. The van der Waals surface area contributed by atoms with E-state index < -0.39 is 0 Å². The predicted octanol–water partition coefficient (Wildman–Crippen LogP) is 5.80. The normalized spacial score (nSPS) is 15.5. The monoisotopic (exact) mass is 381 g/mol. The molecule has 4 heteroatoms. The number of aromatic nitrogens is 2. The summed E-state index contributed by atoms with van der Waals surface area (Å²) in [5.74, 6) is 1.74. The van der Waals surface area contributed by atoms with Gasteiger partial charge in [0.2, 0.25) is 0 Å². The largest absolute Gasteiger partial charge is 0.367 e. The molecular weight excluding hydrogens is 362 g/mol. The second kappa shape index (κ2) is 6.89. The van der Waals surface area contributed by atoms with E-state index in [2.05, 4.69) is 51.6 Å². The molecule has 0 aliphatic heterocycles. The van der Waals surface area contributed by atoms with Crippen LogP contribution in [0.3, 0.4) is 0 Å². The van der Waals surface area contributed by atoms with E-state index in [-0.39, 0.29) is 0 Å². The number of para-hydroxylation sites is 1. The molecule has 3 nitrogen and oxygen atoms in total. The van der Waals surface area contributed by atoms with Gasteiger partial charge in [-0.05, 0) is 37.1 Å². The minimum absolute atomic E-state index is 0.523. The van der Waals surface area contributed by atoms with E-state index >= 15 is 0 Å². The standard InChI is InChI=1S/C20H20BrN3/c21-15-12-10-14(11-13-15)19-23-18-9-5-4-8-17(18)20(24-19)22-16-6-2-1-3-7-16/h4-5,8-13,16H,1-3,6-7H2,(H,22,23,24). The smallest absolute Gasteiger partial charge is 0.162 e. The SMILES string of the molecule is Brc1ccc(-c2nc(NC3CCCCC3)c3ccccc3n2)cc1. The van der Waals surface area contributed by atoms with Gasteiger partial charge in [-0.25, -0.2) is 9.97 Å². The third-order valence-electron chi connectivity index (χ3n) is 4.65. The van der Waals surface area contributed by atoms with E-state index in [9.17, 15) is 0 Å². The molecule has 1 N–H and O–H groups in total. The minimum atomic E-state index is 0.523. The Morgan fingerprint density at radius 3 is 2.42 bits per heavy atom. The van der Waals surface area contributed by atoms with Crippen molar-refractivity contribution in [2.75, 3.05) is 5.32 Å². The van der Waals surface area contributed by atoms with Crippen LogP contribution in [0.4, 0.5) is 5.82 Å². The van der Waals surface area contributed by atoms with E-state index in [4.69, 9.17) is 9.97 Å². The molecule has 4 rings (SSSR count). The van der Waals surface area contributed by atoms with Crippen molar-refractivity contribution in [1.82, 2.24) is 9.97 Å². The van der Waals surface area contributed by atoms with Crippen molar-refractivity contribution in [2.45, 2.75) is 38.1 Å². The zero-order chi connectivity index (χ0) is 16.4. The Hall–Kier alpha value is -1.94. The van der Waals surface area contributed by atoms with Crippen LogP contribution in [0.5, 0.6) is 0 Å². The first kappa shape index (κ1) is 15.6. The summed E-state index contributed by atoms with van der Waals surface area (Å²) in [6.45, 7) is 0. The highest BCUT2D eigenvalue weighted by molar-refractivity contribution is 9.10. The topological polar surface area (TPSA) is 37.8 Å². The molecular formula is C20H20BrN3. The van der Waals surface area contributed by atoms with Gasteiger partial charge >= 0.3 is 0 Å². The molecule has 0 radical (unpaired) electrons. The first-order chi connectivity index (χ1) is 11.8. The lowest BCUT2D eigenvalue weighted by Gasteiger charge is -2.24. The molecule has 0 atom stereocenters. The number of nitrogens with zero attached hydrogens (tertiary/aromatic N) is 2. The Kier molecular flexibility index (Phi) is 4.48. The first-order valence-corrected chi connectivity index (χ1v) is 9.38. The van der Waals surface area contributed by atoms with Gasteiger partial charge in [0.15, 0.2) is 5.82 Å². The predicted molar refractivity (Wildman–Crippen MR) is 103 cm³/mol. The number of anilines is 1. The Labute approximate surface area is 150 Å². The van der Waals surface area contributed by atoms with Gasteiger partial charge in [-0.2, -0.15) is 0 Å². The minimum Gasteiger partial charge on any atom is -0.367 e. The average molecular weight is 382 g/mol. The number of rotatable bonds is 3. The first-order valence-electron chi connectivity index (χ1n) is 8.59. The van der Waals surface area contributed by atoms with Gasteiger partial charge in [0.25, 0.3) is 0 Å². The summed E-state index contributed by atoms with van der Waals surface area (Å²) in [7, 11) is 0. The van der Waals surface area contributed by atoms with E-state index in [1.807, 2.05) is 18.2 Å². The lowest BCUT2D eigenvalue weighted by atomic mass is 9.95. The van der Waals surface area contributed by atoms with Crippen LogP contribution >= 0.6 is 15.9 Å². The summed E-state index contributed by atoms with van der Waals surface area (Å²) in [5.41, 5.74) is 2.03. The van der Waals surface area contributed by atoms with Gasteiger partial charge in [-0.1, -0.05) is 59.5 Å². The third kappa shape index (κ3) is 3.29. The highest BCUT2D eigenvalue weighted by Crippen LogP contribution is 2.28. The number of hydrogen-bond acceptors (Lipinski definition) is 3. The molecule has 0 spiro atoms. The van der Waals surface area contributed by atoms with Crippen molar-refractivity contribution in [3.05, 3.63) is 53.0 Å². The van der Waals surface area contributed by atoms with Gasteiger partial charge < -0.3 is 5.32 Å². The molecule has 1 aliphatic carbocycles. The molecule has 0 amide bonds. The molecule has 1 aromatic heterocycles. The number of fused-ring (bicyclic) bond motifs is 1. The Bertz CT molecular complexity index is 839. The van der Waals surface area contributed by atoms with Crippen LogP contribution < -0.4 is 5.32 Å². The number of benzene rings is 2. The zero-order valence-corrected chi connectivity index (χ0v) is 15.1. The Morgan fingerprint density at radius 1 is 0.875 bits per heavy atom. The van der Waals surface area contributed by atoms with E-state index in [0.717, 1.165) is 32.6 Å². The van der Waals surface area contributed by atoms with Gasteiger partial charge in [0, 0.05) is 21.5 Å². The van der Waals surface area contributed by atoms with Gasteiger partial charge in [0.05, 0.1) is 5.52 Å². The van der Waals surface area contributed by atoms with Crippen LogP contribution in [0, 0.1) is 0 Å². The van der Waals surface area contributed by atoms with Crippen molar-refractivity contribution >= 4 is 32.7 Å². The summed E-state index contributed by atoms with van der Waals surface area (Å²) in [4.78, 5) is 9.62. The summed E-state index contributed by atoms with van der Waals surface area (Å²) in [6, 6.07) is 16.9. The lowest BCUT2D eigenvalue weighted by molar-refractivity contribution is 0.462. The van der Waals surface area contributed by atoms with Crippen LogP contribution in [0.2, 0.25) is 0 Å². The number of nitrogens with one attached hydrogen (secondary N) is 1. The van der Waals surface area contributed by atoms with Crippen LogP contribution in [-0.4, -0.2) is 16.0 Å². The molecule has 3 aromatic rings. The van der Waals surface area contributed by atoms with Crippen LogP contribution in [-0.2, 0) is 0 Å². The molecule has 2 aromatic carbocycles. The van der Waals surface area contributed by atoms with Gasteiger partial charge in [-0.15, -0.1) is 0 Å². The molecule has 122 valence electrons. The molecule has 1 saturated carbocycles. The maximum Gasteiger partial charge on any atom is 0.162 e. The molecule has 0 unspecified atom stereocenters. The fourth-order valence-corrected chi connectivity index (χ4v) is 3.62. The fourth-order valence-electron chi connectivity index (χ4n) is 3.35. The lowest BCUT2D eigenvalue weighted by Crippen LogP contribution is -2.23. The van der Waals surface area contributed by atoms with E-state index in [1.165, 1.54) is 32.1 Å². The van der Waals surface area contributed by atoms with Crippen molar-refractivity contribution in [2.24, 2.45) is 0 Å². The summed E-state index contributed by atoms with van der Waals surface area (Å²) in [5, 5.41) is 4.79. The number of halogens is 1. The third-order valence-corrected chi connectivity index (χ3v) is 5.18. The van der Waals surface area contributed by atoms with Crippen LogP contribution in [0.15, 0.2) is 53.0 Å². The maximum atomic E-state index is 4.86. The van der Waals surface area contributed by atoms with E-state index in [1.54, 1.807) is 0 Å².